The number of hydrogen-bond donors (Lipinski definition) is 1. The van der Waals surface area contributed by atoms with Gasteiger partial charge in [-0.2, -0.15) is 0 Å². The van der Waals surface area contributed by atoms with E-state index in [1.165, 1.54) is 49.7 Å². The lowest BCUT2D eigenvalue weighted by Gasteiger charge is -2.14. The Labute approximate surface area is 205 Å². The number of ether oxygens (including phenoxy) is 1. The van der Waals surface area contributed by atoms with E-state index in [1.54, 1.807) is 0 Å². The molecule has 0 aliphatic carbocycles. The molecule has 3 aromatic carbocycles. The Bertz CT molecular complexity index is 1030. The summed E-state index contributed by atoms with van der Waals surface area (Å²) in [5.41, 5.74) is 3.50. The largest absolute Gasteiger partial charge is 0.493 e. The Morgan fingerprint density at radius 3 is 2.32 bits per heavy atom. The molecule has 0 atom stereocenters. The van der Waals surface area contributed by atoms with Gasteiger partial charge < -0.3 is 10.1 Å². The number of rotatable bonds is 15. The van der Waals surface area contributed by atoms with E-state index in [1.807, 2.05) is 36.4 Å². The molecule has 0 bridgehead atoms. The zero-order valence-corrected chi connectivity index (χ0v) is 21.1. The quantitative estimate of drug-likeness (QED) is 0.235. The molecule has 0 heterocycles. The highest BCUT2D eigenvalue weighted by atomic mass is 16.5. The number of carbonyl (C=O) groups excluding carboxylic acids is 1. The van der Waals surface area contributed by atoms with Crippen molar-refractivity contribution in [2.45, 2.75) is 78.1 Å². The summed E-state index contributed by atoms with van der Waals surface area (Å²) in [7, 11) is 0. The third-order valence-corrected chi connectivity index (χ3v) is 6.37. The van der Waals surface area contributed by atoms with Crippen molar-refractivity contribution in [2.75, 3.05) is 13.2 Å². The van der Waals surface area contributed by atoms with Gasteiger partial charge in [-0.25, -0.2) is 0 Å². The highest BCUT2D eigenvalue weighted by molar-refractivity contribution is 5.98. The van der Waals surface area contributed by atoms with Gasteiger partial charge in [-0.15, -0.1) is 0 Å². The van der Waals surface area contributed by atoms with Gasteiger partial charge in [0.05, 0.1) is 6.61 Å². The van der Waals surface area contributed by atoms with E-state index in [9.17, 15) is 4.79 Å². The Hall–Kier alpha value is -2.81. The van der Waals surface area contributed by atoms with Crippen molar-refractivity contribution in [3.05, 3.63) is 77.4 Å². The predicted molar refractivity (Wildman–Crippen MR) is 144 cm³/mol. The fourth-order valence-corrected chi connectivity index (χ4v) is 4.31. The van der Waals surface area contributed by atoms with E-state index in [4.69, 9.17) is 4.74 Å². The van der Waals surface area contributed by atoms with E-state index in [0.29, 0.717) is 18.7 Å². The normalized spacial score (nSPS) is 11.0. The average molecular weight is 460 g/mol. The fraction of sp³-hybridized carbons (Fsp3) is 0.452. The number of hydrogen-bond acceptors (Lipinski definition) is 2. The molecule has 0 aliphatic rings. The monoisotopic (exact) mass is 459 g/mol. The lowest BCUT2D eigenvalue weighted by molar-refractivity contribution is 0.0952. The SMILES string of the molecule is CCCCCc1ccc(OCCCCNC(=O)c2ccc3ccccc3c2)c(CCCCC)c1. The summed E-state index contributed by atoms with van der Waals surface area (Å²) in [5, 5.41) is 5.29. The second-order valence-corrected chi connectivity index (χ2v) is 9.23. The third-order valence-electron chi connectivity index (χ3n) is 6.37. The maximum Gasteiger partial charge on any atom is 0.251 e. The first-order valence-electron chi connectivity index (χ1n) is 13.2. The molecule has 0 aromatic heterocycles. The van der Waals surface area contributed by atoms with E-state index in [2.05, 4.69) is 43.4 Å². The maximum absolute atomic E-state index is 12.5. The van der Waals surface area contributed by atoms with Gasteiger partial charge in [-0.05, 0) is 78.6 Å². The van der Waals surface area contributed by atoms with Gasteiger partial charge in [-0.3, -0.25) is 4.79 Å². The van der Waals surface area contributed by atoms with Gasteiger partial charge >= 0.3 is 0 Å². The number of amides is 1. The summed E-state index contributed by atoms with van der Waals surface area (Å²) in [6.07, 6.45) is 11.6. The van der Waals surface area contributed by atoms with Crippen LogP contribution in [0, 0.1) is 0 Å². The summed E-state index contributed by atoms with van der Waals surface area (Å²) in [6, 6.07) is 20.7. The molecular formula is C31H41NO2. The van der Waals surface area contributed by atoms with Crippen molar-refractivity contribution in [3.63, 3.8) is 0 Å². The number of fused-ring (bicyclic) bond motifs is 1. The lowest BCUT2D eigenvalue weighted by atomic mass is 10.00. The van der Waals surface area contributed by atoms with Gasteiger partial charge in [0.1, 0.15) is 5.75 Å². The number of unbranched alkanes of at least 4 members (excludes halogenated alkanes) is 5. The van der Waals surface area contributed by atoms with Crippen LogP contribution in [0.5, 0.6) is 5.75 Å². The van der Waals surface area contributed by atoms with Crippen LogP contribution in [0.1, 0.15) is 86.7 Å². The van der Waals surface area contributed by atoms with E-state index < -0.39 is 0 Å². The number of nitrogens with one attached hydrogen (secondary N) is 1. The van der Waals surface area contributed by atoms with E-state index in [-0.39, 0.29) is 5.91 Å². The molecule has 0 radical (unpaired) electrons. The summed E-state index contributed by atoms with van der Waals surface area (Å²) in [6.45, 7) is 5.84. The van der Waals surface area contributed by atoms with Crippen molar-refractivity contribution in [1.29, 1.82) is 0 Å². The highest BCUT2D eigenvalue weighted by Gasteiger charge is 2.08. The van der Waals surface area contributed by atoms with Crippen molar-refractivity contribution in [1.82, 2.24) is 5.32 Å². The Morgan fingerprint density at radius 1 is 0.765 bits per heavy atom. The predicted octanol–water partition coefficient (Wildman–Crippen LogP) is 7.89. The van der Waals surface area contributed by atoms with Crippen molar-refractivity contribution < 1.29 is 9.53 Å². The smallest absolute Gasteiger partial charge is 0.251 e. The molecule has 0 spiro atoms. The maximum atomic E-state index is 12.5. The van der Waals surface area contributed by atoms with Crippen molar-refractivity contribution >= 4 is 16.7 Å². The molecule has 34 heavy (non-hydrogen) atoms. The van der Waals surface area contributed by atoms with Crippen LogP contribution >= 0.6 is 0 Å². The number of benzene rings is 3. The van der Waals surface area contributed by atoms with Crippen LogP contribution in [0.25, 0.3) is 10.8 Å². The molecule has 3 nitrogen and oxygen atoms in total. The second-order valence-electron chi connectivity index (χ2n) is 9.23. The van der Waals surface area contributed by atoms with Crippen LogP contribution in [0.4, 0.5) is 0 Å². The topological polar surface area (TPSA) is 38.3 Å². The van der Waals surface area contributed by atoms with Gasteiger partial charge in [0.15, 0.2) is 0 Å². The first kappa shape index (κ1) is 25.8. The third kappa shape index (κ3) is 8.20. The Kier molecular flexibility index (Phi) is 11.0. The molecular weight excluding hydrogens is 418 g/mol. The second kappa shape index (κ2) is 14.5. The molecule has 0 aliphatic heterocycles. The molecule has 1 amide bonds. The number of carbonyl (C=O) groups is 1. The number of aryl methyl sites for hydroxylation is 2. The van der Waals surface area contributed by atoms with E-state index >= 15 is 0 Å². The van der Waals surface area contributed by atoms with Crippen molar-refractivity contribution in [3.8, 4) is 5.75 Å². The molecule has 3 heteroatoms. The first-order valence-corrected chi connectivity index (χ1v) is 13.2. The summed E-state index contributed by atoms with van der Waals surface area (Å²) < 4.78 is 6.18. The zero-order valence-electron chi connectivity index (χ0n) is 21.1. The minimum absolute atomic E-state index is 0.0106. The van der Waals surface area contributed by atoms with E-state index in [0.717, 1.165) is 42.2 Å². The first-order chi connectivity index (χ1) is 16.7. The molecule has 0 unspecified atom stereocenters. The van der Waals surface area contributed by atoms with Crippen LogP contribution in [0.3, 0.4) is 0 Å². The van der Waals surface area contributed by atoms with Crippen LogP contribution < -0.4 is 10.1 Å². The Balaban J connectivity index is 1.43. The minimum atomic E-state index is -0.0106. The van der Waals surface area contributed by atoms with Gasteiger partial charge in [0.25, 0.3) is 5.91 Å². The van der Waals surface area contributed by atoms with Gasteiger partial charge in [0, 0.05) is 12.1 Å². The van der Waals surface area contributed by atoms with Gasteiger partial charge in [0.2, 0.25) is 0 Å². The molecule has 0 saturated carbocycles. The molecule has 0 fully saturated rings. The minimum Gasteiger partial charge on any atom is -0.493 e. The highest BCUT2D eigenvalue weighted by Crippen LogP contribution is 2.24. The average Bonchev–Trinajstić information content (AvgIpc) is 2.87. The fourth-order valence-electron chi connectivity index (χ4n) is 4.31. The standard InChI is InChI=1S/C31H41NO2/c1-3-5-7-13-25-17-20-30(28(23-25)16-8-6-4-2)34-22-12-11-21-32-31(33)29-19-18-26-14-9-10-15-27(26)24-29/h9-10,14-15,17-20,23-24H,3-8,11-13,16,21-22H2,1-2H3,(H,32,33). The van der Waals surface area contributed by atoms with Crippen molar-refractivity contribution in [2.24, 2.45) is 0 Å². The molecule has 1 N–H and O–H groups in total. The van der Waals surface area contributed by atoms with Crippen LogP contribution in [-0.4, -0.2) is 19.1 Å². The molecule has 3 rings (SSSR count). The summed E-state index contributed by atoms with van der Waals surface area (Å²) in [5.74, 6) is 1.03. The summed E-state index contributed by atoms with van der Waals surface area (Å²) >= 11 is 0. The van der Waals surface area contributed by atoms with Crippen LogP contribution in [0.2, 0.25) is 0 Å². The van der Waals surface area contributed by atoms with Crippen LogP contribution in [-0.2, 0) is 12.8 Å². The molecule has 3 aromatic rings. The molecule has 182 valence electrons. The summed E-state index contributed by atoms with van der Waals surface area (Å²) in [4.78, 5) is 12.5. The van der Waals surface area contributed by atoms with Crippen LogP contribution in [0.15, 0.2) is 60.7 Å². The Morgan fingerprint density at radius 2 is 1.53 bits per heavy atom. The zero-order chi connectivity index (χ0) is 24.0. The van der Waals surface area contributed by atoms with Gasteiger partial charge in [-0.1, -0.05) is 82.0 Å². The molecule has 0 saturated heterocycles. The lowest BCUT2D eigenvalue weighted by Crippen LogP contribution is -2.24.